The van der Waals surface area contributed by atoms with Crippen LogP contribution in [0.3, 0.4) is 0 Å². The summed E-state index contributed by atoms with van der Waals surface area (Å²) in [5.74, 6) is -0.0125. The first-order chi connectivity index (χ1) is 14.5. The molecule has 3 N–H and O–H groups in total. The summed E-state index contributed by atoms with van der Waals surface area (Å²) < 4.78 is 0. The van der Waals surface area contributed by atoms with Gasteiger partial charge in [-0.05, 0) is 55.4 Å². The highest BCUT2D eigenvalue weighted by molar-refractivity contribution is 5.90. The molecule has 1 fully saturated rings. The monoisotopic (exact) mass is 409 g/mol. The number of carbonyl (C=O) groups excluding carboxylic acids is 2. The lowest BCUT2D eigenvalue weighted by atomic mass is 10.0. The van der Waals surface area contributed by atoms with Crippen molar-refractivity contribution in [2.45, 2.75) is 44.2 Å². The zero-order valence-electron chi connectivity index (χ0n) is 17.5. The summed E-state index contributed by atoms with van der Waals surface area (Å²) in [4.78, 5) is 29.3. The molecule has 1 aliphatic heterocycles. The molecule has 0 aliphatic carbocycles. The number of phenols is 1. The van der Waals surface area contributed by atoms with Gasteiger partial charge in [0.1, 0.15) is 11.8 Å². The summed E-state index contributed by atoms with van der Waals surface area (Å²) in [7, 11) is 1.81. The number of carbonyl (C=O) groups is 2. The molecule has 0 unspecified atom stereocenters. The third-order valence-corrected chi connectivity index (χ3v) is 5.71. The number of benzene rings is 2. The predicted molar refractivity (Wildman–Crippen MR) is 117 cm³/mol. The minimum absolute atomic E-state index is 0.00857. The number of amides is 2. The summed E-state index contributed by atoms with van der Waals surface area (Å²) in [6.07, 6.45) is 3.67. The molecule has 3 rings (SSSR count). The van der Waals surface area contributed by atoms with Crippen molar-refractivity contribution in [1.29, 1.82) is 0 Å². The van der Waals surface area contributed by atoms with Gasteiger partial charge in [-0.3, -0.25) is 9.59 Å². The average Bonchev–Trinajstić information content (AvgIpc) is 3.24. The Bertz CT molecular complexity index is 839. The molecule has 1 aliphatic rings. The molecular formula is C24H31N3O3. The molecule has 0 aromatic heterocycles. The van der Waals surface area contributed by atoms with Gasteiger partial charge >= 0.3 is 0 Å². The first-order valence-electron chi connectivity index (χ1n) is 10.6. The van der Waals surface area contributed by atoms with E-state index in [0.717, 1.165) is 24.8 Å². The van der Waals surface area contributed by atoms with Crippen molar-refractivity contribution < 1.29 is 14.7 Å². The number of rotatable bonds is 8. The Hall–Kier alpha value is -2.86. The van der Waals surface area contributed by atoms with Crippen LogP contribution in [0.4, 0.5) is 0 Å². The van der Waals surface area contributed by atoms with E-state index in [1.807, 2.05) is 25.2 Å². The molecule has 1 saturated heterocycles. The summed E-state index contributed by atoms with van der Waals surface area (Å²) in [5.41, 5.74) is 8.32. The smallest absolute Gasteiger partial charge is 0.245 e. The molecule has 0 saturated carbocycles. The van der Waals surface area contributed by atoms with Crippen LogP contribution in [0.5, 0.6) is 5.75 Å². The summed E-state index contributed by atoms with van der Waals surface area (Å²) >= 11 is 0. The van der Waals surface area contributed by atoms with E-state index in [4.69, 9.17) is 5.73 Å². The molecule has 2 atom stereocenters. The molecule has 0 bridgehead atoms. The van der Waals surface area contributed by atoms with Crippen molar-refractivity contribution in [2.75, 3.05) is 20.1 Å². The maximum atomic E-state index is 13.0. The van der Waals surface area contributed by atoms with Gasteiger partial charge in [-0.2, -0.15) is 0 Å². The van der Waals surface area contributed by atoms with Crippen molar-refractivity contribution in [3.8, 4) is 5.75 Å². The normalized spacial score (nSPS) is 17.0. The van der Waals surface area contributed by atoms with Gasteiger partial charge in [-0.15, -0.1) is 0 Å². The number of hydrogen-bond donors (Lipinski definition) is 2. The molecule has 0 radical (unpaired) electrons. The lowest BCUT2D eigenvalue weighted by Crippen LogP contribution is -2.52. The zero-order chi connectivity index (χ0) is 21.5. The van der Waals surface area contributed by atoms with Crippen LogP contribution in [0, 0.1) is 0 Å². The van der Waals surface area contributed by atoms with Crippen LogP contribution in [-0.2, 0) is 22.4 Å². The number of nitrogens with zero attached hydrogens (tertiary/aromatic N) is 2. The van der Waals surface area contributed by atoms with E-state index in [1.165, 1.54) is 5.56 Å². The minimum atomic E-state index is -0.702. The zero-order valence-corrected chi connectivity index (χ0v) is 17.5. The highest BCUT2D eigenvalue weighted by Gasteiger charge is 2.37. The van der Waals surface area contributed by atoms with Crippen LogP contribution >= 0.6 is 0 Å². The minimum Gasteiger partial charge on any atom is -0.508 e. The van der Waals surface area contributed by atoms with E-state index in [-0.39, 0.29) is 17.6 Å². The van der Waals surface area contributed by atoms with E-state index in [9.17, 15) is 14.7 Å². The fourth-order valence-corrected chi connectivity index (χ4v) is 4.00. The number of hydrogen-bond acceptors (Lipinski definition) is 4. The summed E-state index contributed by atoms with van der Waals surface area (Å²) in [6, 6.07) is 15.8. The fourth-order valence-electron chi connectivity index (χ4n) is 4.00. The molecule has 1 heterocycles. The van der Waals surface area contributed by atoms with Crippen molar-refractivity contribution in [3.05, 3.63) is 65.7 Å². The van der Waals surface area contributed by atoms with Crippen LogP contribution < -0.4 is 5.73 Å². The Morgan fingerprint density at radius 3 is 2.53 bits per heavy atom. The molecule has 2 aromatic rings. The van der Waals surface area contributed by atoms with Crippen molar-refractivity contribution in [1.82, 2.24) is 9.80 Å². The van der Waals surface area contributed by atoms with E-state index in [0.29, 0.717) is 25.9 Å². The van der Waals surface area contributed by atoms with E-state index in [2.05, 4.69) is 12.1 Å². The van der Waals surface area contributed by atoms with E-state index < -0.39 is 12.1 Å². The van der Waals surface area contributed by atoms with Crippen LogP contribution in [-0.4, -0.2) is 58.9 Å². The number of aromatic hydroxyl groups is 1. The van der Waals surface area contributed by atoms with Crippen LogP contribution in [0.2, 0.25) is 0 Å². The SMILES string of the molecule is CN(CCCc1ccccc1)C(=O)[C@@H]1CCCN1C(=O)[C@@H](N)Cc1ccc(O)cc1. The van der Waals surface area contributed by atoms with Gasteiger partial charge in [-0.25, -0.2) is 0 Å². The molecule has 160 valence electrons. The standard InChI is InChI=1S/C24H31N3O3/c1-26(15-5-9-18-7-3-2-4-8-18)24(30)22-10-6-16-27(22)23(29)21(25)17-19-11-13-20(28)14-12-19/h2-4,7-8,11-14,21-22,28H,5-6,9-10,15-17,25H2,1H3/t21-,22-/m0/s1. The average molecular weight is 410 g/mol. The molecule has 0 spiro atoms. The van der Waals surface area contributed by atoms with Gasteiger partial charge in [0.15, 0.2) is 0 Å². The summed E-state index contributed by atoms with van der Waals surface area (Å²) in [6.45, 7) is 1.22. The second kappa shape index (κ2) is 10.3. The topological polar surface area (TPSA) is 86.9 Å². The Balaban J connectivity index is 1.53. The van der Waals surface area contributed by atoms with E-state index in [1.54, 1.807) is 34.1 Å². The van der Waals surface area contributed by atoms with Gasteiger partial charge in [0.2, 0.25) is 11.8 Å². The van der Waals surface area contributed by atoms with Crippen LogP contribution in [0.15, 0.2) is 54.6 Å². The third-order valence-electron chi connectivity index (χ3n) is 5.71. The Labute approximate surface area is 178 Å². The maximum Gasteiger partial charge on any atom is 0.245 e. The Kier molecular flexibility index (Phi) is 7.46. The second-order valence-electron chi connectivity index (χ2n) is 8.02. The second-order valence-corrected chi connectivity index (χ2v) is 8.02. The van der Waals surface area contributed by atoms with Gasteiger partial charge in [0.25, 0.3) is 0 Å². The maximum absolute atomic E-state index is 13.0. The number of phenolic OH excluding ortho intramolecular Hbond substituents is 1. The molecule has 2 amide bonds. The first-order valence-corrected chi connectivity index (χ1v) is 10.6. The van der Waals surface area contributed by atoms with Gasteiger partial charge in [0, 0.05) is 20.1 Å². The highest BCUT2D eigenvalue weighted by atomic mass is 16.3. The summed E-state index contributed by atoms with van der Waals surface area (Å²) in [5, 5.41) is 9.40. The highest BCUT2D eigenvalue weighted by Crippen LogP contribution is 2.21. The number of likely N-dealkylation sites (N-methyl/N-ethyl adjacent to an activating group) is 1. The lowest BCUT2D eigenvalue weighted by Gasteiger charge is -2.30. The largest absolute Gasteiger partial charge is 0.508 e. The number of likely N-dealkylation sites (tertiary alicyclic amines) is 1. The third kappa shape index (κ3) is 5.60. The fraction of sp³-hybridized carbons (Fsp3) is 0.417. The van der Waals surface area contributed by atoms with Gasteiger partial charge < -0.3 is 20.6 Å². The molecule has 30 heavy (non-hydrogen) atoms. The van der Waals surface area contributed by atoms with E-state index >= 15 is 0 Å². The number of nitrogens with two attached hydrogens (primary N) is 1. The Morgan fingerprint density at radius 1 is 1.13 bits per heavy atom. The van der Waals surface area contributed by atoms with Crippen molar-refractivity contribution >= 4 is 11.8 Å². The molecule has 2 aromatic carbocycles. The predicted octanol–water partition coefficient (Wildman–Crippen LogP) is 2.34. The van der Waals surface area contributed by atoms with Crippen LogP contribution in [0.25, 0.3) is 0 Å². The van der Waals surface area contributed by atoms with Crippen LogP contribution in [0.1, 0.15) is 30.4 Å². The van der Waals surface area contributed by atoms with Gasteiger partial charge in [-0.1, -0.05) is 42.5 Å². The first kappa shape index (κ1) is 21.8. The van der Waals surface area contributed by atoms with Gasteiger partial charge in [0.05, 0.1) is 6.04 Å². The molecule has 6 nitrogen and oxygen atoms in total. The van der Waals surface area contributed by atoms with Crippen molar-refractivity contribution in [3.63, 3.8) is 0 Å². The quantitative estimate of drug-likeness (QED) is 0.701. The molecular weight excluding hydrogens is 378 g/mol. The lowest BCUT2D eigenvalue weighted by molar-refractivity contribution is -0.143. The van der Waals surface area contributed by atoms with Crippen molar-refractivity contribution in [2.24, 2.45) is 5.73 Å². The number of aryl methyl sites for hydroxylation is 1. The Morgan fingerprint density at radius 2 is 1.83 bits per heavy atom. The molecule has 6 heteroatoms.